The van der Waals surface area contributed by atoms with E-state index in [1.165, 1.54) is 6.07 Å². The summed E-state index contributed by atoms with van der Waals surface area (Å²) >= 11 is 11.0. The zero-order chi connectivity index (χ0) is 13.4. The lowest BCUT2D eigenvalue weighted by molar-refractivity contribution is 0.628. The Bertz CT molecular complexity index is 829. The van der Waals surface area contributed by atoms with Crippen LogP contribution in [0.2, 0.25) is 5.02 Å². The smallest absolute Gasteiger partial charge is 0.141 e. The lowest BCUT2D eigenvalue weighted by atomic mass is 10.1. The molecule has 5 heteroatoms. The van der Waals surface area contributed by atoms with E-state index in [1.54, 1.807) is 12.1 Å². The average molecular weight is 291 g/mol. The van der Waals surface area contributed by atoms with Crippen LogP contribution < -0.4 is 0 Å². The lowest BCUT2D eigenvalue weighted by Crippen LogP contribution is -1.91. The standard InChI is InChI=1S/C14H8ClFN2S/c15-11-7-8(5-6-12(11)16)13-9-3-1-2-4-10(9)14(19)18-17-13/h1-7H,(H,18,19). The monoisotopic (exact) mass is 290 g/mol. The van der Waals surface area contributed by atoms with Crippen molar-refractivity contribution in [3.05, 3.63) is 57.9 Å². The number of nitrogens with zero attached hydrogens (tertiary/aromatic N) is 1. The van der Waals surface area contributed by atoms with Crippen molar-refractivity contribution in [3.63, 3.8) is 0 Å². The number of halogens is 2. The molecule has 0 fully saturated rings. The fourth-order valence-corrected chi connectivity index (χ4v) is 2.38. The molecule has 0 aliphatic rings. The van der Waals surface area contributed by atoms with E-state index in [0.717, 1.165) is 16.3 Å². The molecule has 2 aromatic carbocycles. The van der Waals surface area contributed by atoms with Crippen LogP contribution in [0.1, 0.15) is 0 Å². The average Bonchev–Trinajstić information content (AvgIpc) is 2.43. The van der Waals surface area contributed by atoms with E-state index in [-0.39, 0.29) is 5.02 Å². The van der Waals surface area contributed by atoms with Gasteiger partial charge in [0.25, 0.3) is 0 Å². The van der Waals surface area contributed by atoms with E-state index in [2.05, 4.69) is 10.2 Å². The first kappa shape index (κ1) is 12.3. The number of aromatic nitrogens is 2. The van der Waals surface area contributed by atoms with Gasteiger partial charge in [-0.2, -0.15) is 5.10 Å². The Labute approximate surface area is 118 Å². The van der Waals surface area contributed by atoms with Gasteiger partial charge in [0.05, 0.1) is 10.7 Å². The van der Waals surface area contributed by atoms with Crippen molar-refractivity contribution in [1.82, 2.24) is 10.2 Å². The lowest BCUT2D eigenvalue weighted by Gasteiger charge is -2.06. The highest BCUT2D eigenvalue weighted by molar-refractivity contribution is 7.71. The third kappa shape index (κ3) is 2.13. The van der Waals surface area contributed by atoms with Crippen molar-refractivity contribution in [2.45, 2.75) is 0 Å². The van der Waals surface area contributed by atoms with Crippen LogP contribution in [0.5, 0.6) is 0 Å². The summed E-state index contributed by atoms with van der Waals surface area (Å²) in [5.74, 6) is -0.446. The molecule has 0 unspecified atom stereocenters. The van der Waals surface area contributed by atoms with Gasteiger partial charge in [0.1, 0.15) is 10.5 Å². The molecule has 3 aromatic rings. The molecule has 0 bridgehead atoms. The topological polar surface area (TPSA) is 28.7 Å². The number of rotatable bonds is 1. The van der Waals surface area contributed by atoms with Crippen LogP contribution in [-0.4, -0.2) is 10.2 Å². The van der Waals surface area contributed by atoms with Crippen LogP contribution in [0.4, 0.5) is 4.39 Å². The van der Waals surface area contributed by atoms with Crippen molar-refractivity contribution < 1.29 is 4.39 Å². The summed E-state index contributed by atoms with van der Waals surface area (Å²) in [6.45, 7) is 0. The minimum atomic E-state index is -0.446. The summed E-state index contributed by atoms with van der Waals surface area (Å²) in [5.41, 5.74) is 1.44. The fourth-order valence-electron chi connectivity index (χ4n) is 1.98. The first-order valence-electron chi connectivity index (χ1n) is 5.59. The van der Waals surface area contributed by atoms with E-state index >= 15 is 0 Å². The van der Waals surface area contributed by atoms with Gasteiger partial charge < -0.3 is 0 Å². The summed E-state index contributed by atoms with van der Waals surface area (Å²) in [4.78, 5) is 0. The molecule has 0 spiro atoms. The van der Waals surface area contributed by atoms with Crippen molar-refractivity contribution >= 4 is 34.6 Å². The normalized spacial score (nSPS) is 10.8. The van der Waals surface area contributed by atoms with E-state index in [4.69, 9.17) is 23.8 Å². The summed E-state index contributed by atoms with van der Waals surface area (Å²) in [6.07, 6.45) is 0. The summed E-state index contributed by atoms with van der Waals surface area (Å²) in [6, 6.07) is 12.2. The number of H-pyrrole nitrogens is 1. The van der Waals surface area contributed by atoms with Gasteiger partial charge in [0.15, 0.2) is 0 Å². The first-order valence-corrected chi connectivity index (χ1v) is 6.38. The van der Waals surface area contributed by atoms with Gasteiger partial charge in [-0.05, 0) is 18.2 Å². The molecule has 3 rings (SSSR count). The number of benzene rings is 2. The van der Waals surface area contributed by atoms with Gasteiger partial charge in [-0.1, -0.05) is 48.1 Å². The van der Waals surface area contributed by atoms with Gasteiger partial charge in [0.2, 0.25) is 0 Å². The van der Waals surface area contributed by atoms with E-state index in [9.17, 15) is 4.39 Å². The van der Waals surface area contributed by atoms with Gasteiger partial charge >= 0.3 is 0 Å². The third-order valence-corrected chi connectivity index (χ3v) is 3.49. The Morgan fingerprint density at radius 2 is 1.84 bits per heavy atom. The van der Waals surface area contributed by atoms with E-state index in [1.807, 2.05) is 24.3 Å². The fraction of sp³-hybridized carbons (Fsp3) is 0. The molecular formula is C14H8ClFN2S. The maximum absolute atomic E-state index is 13.2. The molecule has 0 aliphatic carbocycles. The molecule has 0 atom stereocenters. The Hall–Kier alpha value is -1.78. The predicted molar refractivity (Wildman–Crippen MR) is 77.3 cm³/mol. The first-order chi connectivity index (χ1) is 9.16. The zero-order valence-electron chi connectivity index (χ0n) is 9.65. The maximum Gasteiger partial charge on any atom is 0.141 e. The van der Waals surface area contributed by atoms with Crippen LogP contribution in [0.25, 0.3) is 22.0 Å². The van der Waals surface area contributed by atoms with Crippen molar-refractivity contribution in [1.29, 1.82) is 0 Å². The quantitative estimate of drug-likeness (QED) is 0.655. The highest BCUT2D eigenvalue weighted by Crippen LogP contribution is 2.28. The van der Waals surface area contributed by atoms with Gasteiger partial charge in [-0.15, -0.1) is 0 Å². The summed E-state index contributed by atoms with van der Waals surface area (Å²) in [5, 5.41) is 8.93. The molecule has 0 radical (unpaired) electrons. The molecule has 1 N–H and O–H groups in total. The van der Waals surface area contributed by atoms with Crippen LogP contribution in [-0.2, 0) is 0 Å². The van der Waals surface area contributed by atoms with Crippen LogP contribution in [0.3, 0.4) is 0 Å². The summed E-state index contributed by atoms with van der Waals surface area (Å²) < 4.78 is 13.8. The second-order valence-corrected chi connectivity index (χ2v) is 4.89. The highest BCUT2D eigenvalue weighted by Gasteiger charge is 2.09. The SMILES string of the molecule is Fc1ccc(-c2n[nH]c(=S)c3ccccc23)cc1Cl. The number of hydrogen-bond acceptors (Lipinski definition) is 2. The molecule has 1 aromatic heterocycles. The minimum absolute atomic E-state index is 0.0748. The van der Waals surface area contributed by atoms with Crippen molar-refractivity contribution in [3.8, 4) is 11.3 Å². The molecule has 19 heavy (non-hydrogen) atoms. The van der Waals surface area contributed by atoms with Gasteiger partial charge in [-0.25, -0.2) is 4.39 Å². The van der Waals surface area contributed by atoms with Crippen molar-refractivity contribution in [2.24, 2.45) is 0 Å². The molecule has 0 saturated carbocycles. The number of fused-ring (bicyclic) bond motifs is 1. The third-order valence-electron chi connectivity index (χ3n) is 2.89. The van der Waals surface area contributed by atoms with Gasteiger partial charge in [0, 0.05) is 16.3 Å². The maximum atomic E-state index is 13.2. The number of aromatic amines is 1. The molecule has 94 valence electrons. The largest absolute Gasteiger partial charge is 0.267 e. The molecular weight excluding hydrogens is 283 g/mol. The molecule has 0 aliphatic heterocycles. The number of nitrogens with one attached hydrogen (secondary N) is 1. The van der Waals surface area contributed by atoms with Gasteiger partial charge in [-0.3, -0.25) is 5.10 Å². The second kappa shape index (κ2) is 4.72. The van der Waals surface area contributed by atoms with E-state index in [0.29, 0.717) is 10.3 Å². The Balaban J connectivity index is 2.34. The number of hydrogen-bond donors (Lipinski definition) is 1. The molecule has 0 saturated heterocycles. The molecule has 0 amide bonds. The molecule has 1 heterocycles. The predicted octanol–water partition coefficient (Wildman–Crippen LogP) is 4.75. The van der Waals surface area contributed by atoms with Crippen LogP contribution in [0, 0.1) is 10.5 Å². The highest BCUT2D eigenvalue weighted by atomic mass is 35.5. The summed E-state index contributed by atoms with van der Waals surface area (Å²) in [7, 11) is 0. The van der Waals surface area contributed by atoms with Crippen molar-refractivity contribution in [2.75, 3.05) is 0 Å². The zero-order valence-corrected chi connectivity index (χ0v) is 11.2. The van der Waals surface area contributed by atoms with Crippen LogP contribution in [0.15, 0.2) is 42.5 Å². The molecule has 2 nitrogen and oxygen atoms in total. The Kier molecular flexibility index (Phi) is 3.05. The van der Waals surface area contributed by atoms with E-state index < -0.39 is 5.82 Å². The minimum Gasteiger partial charge on any atom is -0.267 e. The Morgan fingerprint density at radius 1 is 1.11 bits per heavy atom. The Morgan fingerprint density at radius 3 is 2.58 bits per heavy atom. The van der Waals surface area contributed by atoms with Crippen LogP contribution >= 0.6 is 23.8 Å². The second-order valence-electron chi connectivity index (χ2n) is 4.08.